The lowest BCUT2D eigenvalue weighted by Gasteiger charge is -2.13. The van der Waals surface area contributed by atoms with Crippen molar-refractivity contribution in [3.05, 3.63) is 17.3 Å². The first-order valence-corrected chi connectivity index (χ1v) is 4.39. The average Bonchev–Trinajstić information content (AvgIpc) is 2.13. The van der Waals surface area contributed by atoms with E-state index >= 15 is 0 Å². The number of anilines is 2. The third kappa shape index (κ3) is 3.08. The molecule has 0 aliphatic rings. The van der Waals surface area contributed by atoms with E-state index in [4.69, 9.17) is 23.2 Å². The molecule has 74 valence electrons. The average molecular weight is 203 g/mol. The van der Waals surface area contributed by atoms with Crippen molar-refractivity contribution >= 4 is 23.1 Å². The maximum atomic E-state index is 5.71. The lowest BCUT2D eigenvalue weighted by Crippen LogP contribution is -2.27. The molecule has 1 rings (SSSR count). The topological polar surface area (TPSA) is 68.2 Å². The molecule has 0 aliphatic carbocycles. The van der Waals surface area contributed by atoms with Gasteiger partial charge in [0.05, 0.1) is 10.7 Å². The first kappa shape index (κ1) is 12.0. The summed E-state index contributed by atoms with van der Waals surface area (Å²) >= 11 is 5.71. The van der Waals surface area contributed by atoms with E-state index in [1.807, 2.05) is 13.8 Å². The van der Waals surface area contributed by atoms with Gasteiger partial charge in [0.15, 0.2) is 5.82 Å². The van der Waals surface area contributed by atoms with E-state index in [0.717, 1.165) is 0 Å². The molecule has 0 spiro atoms. The Bertz CT molecular complexity index is 262. The molecule has 0 aromatic carbocycles. The molecule has 0 saturated heterocycles. The Labute approximate surface area is 83.5 Å². The van der Waals surface area contributed by atoms with Gasteiger partial charge in [0.2, 0.25) is 0 Å². The summed E-state index contributed by atoms with van der Waals surface area (Å²) < 4.78 is 0. The molecule has 13 heavy (non-hydrogen) atoms. The van der Waals surface area contributed by atoms with E-state index < -0.39 is 0 Å². The van der Waals surface area contributed by atoms with Gasteiger partial charge < -0.3 is 5.73 Å². The molecule has 0 atom stereocenters. The molecule has 0 radical (unpaired) electrons. The first-order valence-electron chi connectivity index (χ1n) is 4.01. The van der Waals surface area contributed by atoms with E-state index in [1.165, 1.54) is 5.01 Å². The van der Waals surface area contributed by atoms with Crippen LogP contribution in [0.4, 0.5) is 11.5 Å². The molecule has 4 N–H and O–H groups in total. The second-order valence-electron chi connectivity index (χ2n) is 2.14. The first-order chi connectivity index (χ1) is 6.13. The quantitative estimate of drug-likeness (QED) is 0.537. The maximum Gasteiger partial charge on any atom is 0.167 e. The Morgan fingerprint density at radius 2 is 2.00 bits per heavy atom. The monoisotopic (exact) mass is 202 g/mol. The van der Waals surface area contributed by atoms with E-state index in [9.17, 15) is 0 Å². The number of pyridine rings is 1. The molecule has 5 heteroatoms. The van der Waals surface area contributed by atoms with Crippen molar-refractivity contribution < 1.29 is 0 Å². The van der Waals surface area contributed by atoms with Crippen molar-refractivity contribution in [2.75, 3.05) is 17.8 Å². The van der Waals surface area contributed by atoms with Crippen LogP contribution in [0.25, 0.3) is 0 Å². The number of nitrogen functional groups attached to an aromatic ring is 1. The molecule has 0 unspecified atom stereocenters. The molecule has 0 bridgehead atoms. The second-order valence-corrected chi connectivity index (χ2v) is 2.55. The third-order valence-corrected chi connectivity index (χ3v) is 1.58. The summed E-state index contributed by atoms with van der Waals surface area (Å²) in [7, 11) is 1.65. The highest BCUT2D eigenvalue weighted by molar-refractivity contribution is 6.33. The number of nitrogens with two attached hydrogens (primary N) is 2. The zero-order valence-electron chi connectivity index (χ0n) is 8.08. The van der Waals surface area contributed by atoms with Crippen LogP contribution < -0.4 is 16.6 Å². The van der Waals surface area contributed by atoms with Gasteiger partial charge in [-0.1, -0.05) is 25.4 Å². The van der Waals surface area contributed by atoms with Gasteiger partial charge in [-0.15, -0.1) is 0 Å². The van der Waals surface area contributed by atoms with E-state index in [0.29, 0.717) is 16.5 Å². The predicted molar refractivity (Wildman–Crippen MR) is 57.6 cm³/mol. The van der Waals surface area contributed by atoms with Crippen molar-refractivity contribution in [2.45, 2.75) is 13.8 Å². The molecule has 1 heterocycles. The number of halogens is 1. The number of hydrazine groups is 1. The molecule has 4 nitrogen and oxygen atoms in total. The van der Waals surface area contributed by atoms with E-state index in [-0.39, 0.29) is 0 Å². The fraction of sp³-hybridized carbons (Fsp3) is 0.375. The summed E-state index contributed by atoms with van der Waals surface area (Å²) in [5.41, 5.74) is 5.97. The Hall–Kier alpha value is -1.00. The van der Waals surface area contributed by atoms with Crippen LogP contribution in [0.3, 0.4) is 0 Å². The van der Waals surface area contributed by atoms with Crippen molar-refractivity contribution in [1.82, 2.24) is 4.98 Å². The van der Waals surface area contributed by atoms with Crippen LogP contribution in [0.5, 0.6) is 0 Å². The Balaban J connectivity index is 0.000000671. The van der Waals surface area contributed by atoms with Crippen molar-refractivity contribution in [3.8, 4) is 0 Å². The normalized spacial score (nSPS) is 8.69. The molecule has 1 aromatic rings. The van der Waals surface area contributed by atoms with Gasteiger partial charge in [-0.3, -0.25) is 5.01 Å². The van der Waals surface area contributed by atoms with Gasteiger partial charge in [-0.25, -0.2) is 10.8 Å². The standard InChI is InChI=1S/C6H9ClN4.C2H6/c1-11(9)6-5(8)4(7)2-3-10-6;1-2/h2-3H,8-9H2,1H3;1-2H3. The van der Waals surface area contributed by atoms with Gasteiger partial charge in [0, 0.05) is 13.2 Å². The number of hydrogen-bond acceptors (Lipinski definition) is 4. The summed E-state index contributed by atoms with van der Waals surface area (Å²) in [6.07, 6.45) is 1.55. The highest BCUT2D eigenvalue weighted by atomic mass is 35.5. The highest BCUT2D eigenvalue weighted by Gasteiger charge is 2.05. The van der Waals surface area contributed by atoms with E-state index in [1.54, 1.807) is 19.3 Å². The molecule has 0 amide bonds. The Morgan fingerprint density at radius 3 is 2.38 bits per heavy atom. The maximum absolute atomic E-state index is 5.71. The van der Waals surface area contributed by atoms with Crippen LogP contribution in [0.15, 0.2) is 12.3 Å². The van der Waals surface area contributed by atoms with Crippen molar-refractivity contribution in [3.63, 3.8) is 0 Å². The van der Waals surface area contributed by atoms with Crippen molar-refractivity contribution in [2.24, 2.45) is 5.84 Å². The van der Waals surface area contributed by atoms with Crippen LogP contribution in [0.2, 0.25) is 5.02 Å². The van der Waals surface area contributed by atoms with Gasteiger partial charge in [0.1, 0.15) is 0 Å². The zero-order chi connectivity index (χ0) is 10.4. The van der Waals surface area contributed by atoms with Gasteiger partial charge >= 0.3 is 0 Å². The largest absolute Gasteiger partial charge is 0.394 e. The van der Waals surface area contributed by atoms with Crippen LogP contribution in [0.1, 0.15) is 13.8 Å². The van der Waals surface area contributed by atoms with Gasteiger partial charge in [-0.05, 0) is 6.07 Å². The lowest BCUT2D eigenvalue weighted by molar-refractivity contribution is 0.980. The highest BCUT2D eigenvalue weighted by Crippen LogP contribution is 2.24. The summed E-state index contributed by atoms with van der Waals surface area (Å²) in [5.74, 6) is 5.90. The summed E-state index contributed by atoms with van der Waals surface area (Å²) in [4.78, 5) is 3.93. The zero-order valence-corrected chi connectivity index (χ0v) is 8.84. The third-order valence-electron chi connectivity index (χ3n) is 1.25. The fourth-order valence-electron chi connectivity index (χ4n) is 0.721. The Kier molecular flexibility index (Phi) is 5.18. The number of hydrogen-bond donors (Lipinski definition) is 2. The lowest BCUT2D eigenvalue weighted by atomic mass is 10.4. The molecule has 0 saturated carbocycles. The SMILES string of the molecule is CC.CN(N)c1nccc(Cl)c1N. The predicted octanol–water partition coefficient (Wildman–Crippen LogP) is 1.65. The number of rotatable bonds is 1. The Morgan fingerprint density at radius 1 is 1.46 bits per heavy atom. The molecule has 1 aromatic heterocycles. The summed E-state index contributed by atoms with van der Waals surface area (Å²) in [6, 6.07) is 1.61. The van der Waals surface area contributed by atoms with Gasteiger partial charge in [-0.2, -0.15) is 0 Å². The number of nitrogens with zero attached hydrogens (tertiary/aromatic N) is 2. The summed E-state index contributed by atoms with van der Waals surface area (Å²) in [6.45, 7) is 4.00. The van der Waals surface area contributed by atoms with Crippen molar-refractivity contribution in [1.29, 1.82) is 0 Å². The minimum Gasteiger partial charge on any atom is -0.394 e. The molecular formula is C8H15ClN4. The molecular weight excluding hydrogens is 188 g/mol. The summed E-state index contributed by atoms with van der Waals surface area (Å²) in [5, 5.41) is 1.79. The van der Waals surface area contributed by atoms with Gasteiger partial charge in [0.25, 0.3) is 0 Å². The molecule has 0 fully saturated rings. The number of aromatic nitrogens is 1. The van der Waals surface area contributed by atoms with Crippen LogP contribution in [-0.4, -0.2) is 12.0 Å². The van der Waals surface area contributed by atoms with Crippen LogP contribution in [-0.2, 0) is 0 Å². The van der Waals surface area contributed by atoms with Crippen LogP contribution in [0, 0.1) is 0 Å². The minimum atomic E-state index is 0.402. The second kappa shape index (κ2) is 5.61. The minimum absolute atomic E-state index is 0.402. The van der Waals surface area contributed by atoms with E-state index in [2.05, 4.69) is 4.98 Å². The fourth-order valence-corrected chi connectivity index (χ4v) is 0.861. The smallest absolute Gasteiger partial charge is 0.167 e. The molecule has 0 aliphatic heterocycles. The van der Waals surface area contributed by atoms with Crippen LogP contribution >= 0.6 is 11.6 Å².